The summed E-state index contributed by atoms with van der Waals surface area (Å²) in [5.41, 5.74) is 0.419. The molecular weight excluding hydrogens is 340 g/mol. The van der Waals surface area contributed by atoms with E-state index in [2.05, 4.69) is 20.9 Å². The smallest absolute Gasteiger partial charge is 0.305 e. The number of carboxylic acids is 1. The second-order valence-corrected chi connectivity index (χ2v) is 5.69. The highest BCUT2D eigenvalue weighted by Crippen LogP contribution is 2.19. The number of carbonyl (C=O) groups excluding carboxylic acids is 1. The van der Waals surface area contributed by atoms with Gasteiger partial charge in [0.05, 0.1) is 19.1 Å². The predicted octanol–water partition coefficient (Wildman–Crippen LogP) is 1.94. The molecular formula is C14H17BrN2O4. The zero-order valence-electron chi connectivity index (χ0n) is 11.5. The maximum absolute atomic E-state index is 12.3. The molecule has 1 saturated heterocycles. The molecule has 1 fully saturated rings. The number of rotatable bonds is 5. The monoisotopic (exact) mass is 356 g/mol. The van der Waals surface area contributed by atoms with Crippen LogP contribution < -0.4 is 0 Å². The van der Waals surface area contributed by atoms with Gasteiger partial charge < -0.3 is 14.7 Å². The van der Waals surface area contributed by atoms with Crippen LogP contribution >= 0.6 is 15.9 Å². The van der Waals surface area contributed by atoms with Gasteiger partial charge in [0, 0.05) is 23.8 Å². The summed E-state index contributed by atoms with van der Waals surface area (Å²) in [6.45, 7) is 1.42. The van der Waals surface area contributed by atoms with Crippen molar-refractivity contribution in [2.45, 2.75) is 25.4 Å². The molecule has 0 bridgehead atoms. The molecule has 6 nitrogen and oxygen atoms in total. The Morgan fingerprint density at radius 2 is 2.14 bits per heavy atom. The second kappa shape index (κ2) is 7.51. The van der Waals surface area contributed by atoms with Crippen molar-refractivity contribution in [1.82, 2.24) is 9.88 Å². The zero-order chi connectivity index (χ0) is 15.2. The van der Waals surface area contributed by atoms with Gasteiger partial charge in [0.2, 0.25) is 0 Å². The van der Waals surface area contributed by atoms with E-state index in [0.717, 1.165) is 12.8 Å². The first-order valence-corrected chi connectivity index (χ1v) is 7.60. The summed E-state index contributed by atoms with van der Waals surface area (Å²) in [5.74, 6) is -0.950. The van der Waals surface area contributed by atoms with E-state index in [1.54, 1.807) is 23.2 Å². The Bertz CT molecular complexity index is 515. The zero-order valence-corrected chi connectivity index (χ0v) is 13.1. The Hall–Kier alpha value is -1.47. The SMILES string of the molecule is O=C(O)CCOC1CCN(C(=O)c2ncccc2Br)CC1. The number of halogens is 1. The van der Waals surface area contributed by atoms with Gasteiger partial charge in [-0.2, -0.15) is 0 Å². The Morgan fingerprint density at radius 1 is 1.43 bits per heavy atom. The highest BCUT2D eigenvalue weighted by atomic mass is 79.9. The number of carboxylic acid groups (broad SMARTS) is 1. The molecule has 0 aromatic carbocycles. The summed E-state index contributed by atoms with van der Waals surface area (Å²) in [7, 11) is 0. The number of ether oxygens (including phenoxy) is 1. The quantitative estimate of drug-likeness (QED) is 0.871. The number of aromatic nitrogens is 1. The first-order chi connectivity index (χ1) is 10.1. The van der Waals surface area contributed by atoms with E-state index in [-0.39, 0.29) is 25.0 Å². The second-order valence-electron chi connectivity index (χ2n) is 4.84. The molecule has 0 spiro atoms. The third kappa shape index (κ3) is 4.50. The van der Waals surface area contributed by atoms with Crippen molar-refractivity contribution in [2.24, 2.45) is 0 Å². The number of pyridine rings is 1. The number of hydrogen-bond acceptors (Lipinski definition) is 4. The van der Waals surface area contributed by atoms with E-state index in [1.807, 2.05) is 0 Å². The lowest BCUT2D eigenvalue weighted by Gasteiger charge is -2.31. The summed E-state index contributed by atoms with van der Waals surface area (Å²) in [5, 5.41) is 8.57. The molecule has 1 amide bonds. The molecule has 0 unspecified atom stereocenters. The van der Waals surface area contributed by atoms with E-state index in [0.29, 0.717) is 23.3 Å². The van der Waals surface area contributed by atoms with Crippen molar-refractivity contribution in [2.75, 3.05) is 19.7 Å². The lowest BCUT2D eigenvalue weighted by Crippen LogP contribution is -2.41. The minimum atomic E-state index is -0.859. The van der Waals surface area contributed by atoms with Gasteiger partial charge in [-0.3, -0.25) is 9.59 Å². The topological polar surface area (TPSA) is 79.7 Å². The molecule has 1 aliphatic heterocycles. The van der Waals surface area contributed by atoms with E-state index in [4.69, 9.17) is 9.84 Å². The van der Waals surface area contributed by atoms with Crippen LogP contribution in [0.2, 0.25) is 0 Å². The average Bonchev–Trinajstić information content (AvgIpc) is 2.47. The molecule has 1 N–H and O–H groups in total. The molecule has 1 aliphatic rings. The van der Waals surface area contributed by atoms with Crippen LogP contribution in [0.25, 0.3) is 0 Å². The molecule has 114 valence electrons. The standard InChI is InChI=1S/C14H17BrN2O4/c15-11-2-1-6-16-13(11)14(20)17-7-3-10(4-8-17)21-9-5-12(18)19/h1-2,6,10H,3-5,7-9H2,(H,18,19). The maximum atomic E-state index is 12.3. The maximum Gasteiger partial charge on any atom is 0.305 e. The van der Waals surface area contributed by atoms with Crippen LogP contribution in [0.4, 0.5) is 0 Å². The molecule has 1 aromatic heterocycles. The minimum absolute atomic E-state index is 0.0139. The fraction of sp³-hybridized carbons (Fsp3) is 0.500. The molecule has 0 saturated carbocycles. The normalized spacial score (nSPS) is 16.0. The number of carbonyl (C=O) groups is 2. The summed E-state index contributed by atoms with van der Waals surface area (Å²) in [4.78, 5) is 28.6. The van der Waals surface area contributed by atoms with Crippen molar-refractivity contribution < 1.29 is 19.4 Å². The summed E-state index contributed by atoms with van der Waals surface area (Å²) in [6, 6.07) is 3.56. The van der Waals surface area contributed by atoms with Crippen LogP contribution in [-0.2, 0) is 9.53 Å². The van der Waals surface area contributed by atoms with Gasteiger partial charge in [-0.05, 0) is 40.9 Å². The van der Waals surface area contributed by atoms with Crippen molar-refractivity contribution in [1.29, 1.82) is 0 Å². The molecule has 1 aromatic rings. The van der Waals surface area contributed by atoms with Crippen LogP contribution in [0.1, 0.15) is 29.8 Å². The molecule has 2 rings (SSSR count). The van der Waals surface area contributed by atoms with Gasteiger partial charge in [0.1, 0.15) is 5.69 Å². The molecule has 2 heterocycles. The van der Waals surface area contributed by atoms with Crippen LogP contribution in [0.15, 0.2) is 22.8 Å². The molecule has 0 atom stereocenters. The number of likely N-dealkylation sites (tertiary alicyclic amines) is 1. The van der Waals surface area contributed by atoms with Crippen LogP contribution in [0, 0.1) is 0 Å². The predicted molar refractivity (Wildman–Crippen MR) is 79.1 cm³/mol. The van der Waals surface area contributed by atoms with Crippen LogP contribution in [0.5, 0.6) is 0 Å². The van der Waals surface area contributed by atoms with E-state index < -0.39 is 5.97 Å². The first-order valence-electron chi connectivity index (χ1n) is 6.81. The number of hydrogen-bond donors (Lipinski definition) is 1. The Morgan fingerprint density at radius 3 is 2.76 bits per heavy atom. The molecule has 0 radical (unpaired) electrons. The van der Waals surface area contributed by atoms with Crippen molar-refractivity contribution in [3.05, 3.63) is 28.5 Å². The fourth-order valence-electron chi connectivity index (χ4n) is 2.23. The number of nitrogens with zero attached hydrogens (tertiary/aromatic N) is 2. The largest absolute Gasteiger partial charge is 0.481 e. The highest BCUT2D eigenvalue weighted by Gasteiger charge is 2.25. The van der Waals surface area contributed by atoms with Gasteiger partial charge in [0.25, 0.3) is 5.91 Å². The Balaban J connectivity index is 1.82. The van der Waals surface area contributed by atoms with Gasteiger partial charge in [-0.15, -0.1) is 0 Å². The highest BCUT2D eigenvalue weighted by molar-refractivity contribution is 9.10. The van der Waals surface area contributed by atoms with Crippen LogP contribution in [-0.4, -0.2) is 52.7 Å². The van der Waals surface area contributed by atoms with Crippen molar-refractivity contribution in [3.8, 4) is 0 Å². The number of piperidine rings is 1. The number of amides is 1. The van der Waals surface area contributed by atoms with Crippen LogP contribution in [0.3, 0.4) is 0 Å². The van der Waals surface area contributed by atoms with Gasteiger partial charge >= 0.3 is 5.97 Å². The third-order valence-electron chi connectivity index (χ3n) is 3.36. The first kappa shape index (κ1) is 15.9. The van der Waals surface area contributed by atoms with E-state index >= 15 is 0 Å². The molecule has 0 aliphatic carbocycles. The Kier molecular flexibility index (Phi) is 5.69. The van der Waals surface area contributed by atoms with Gasteiger partial charge in [-0.25, -0.2) is 4.98 Å². The van der Waals surface area contributed by atoms with E-state index in [1.165, 1.54) is 0 Å². The summed E-state index contributed by atoms with van der Waals surface area (Å²) < 4.78 is 6.20. The lowest BCUT2D eigenvalue weighted by molar-refractivity contribution is -0.138. The summed E-state index contributed by atoms with van der Waals surface area (Å²) in [6.07, 6.45) is 3.08. The average molecular weight is 357 g/mol. The molecule has 7 heteroatoms. The lowest BCUT2D eigenvalue weighted by atomic mass is 10.1. The molecule has 21 heavy (non-hydrogen) atoms. The van der Waals surface area contributed by atoms with Gasteiger partial charge in [0.15, 0.2) is 0 Å². The van der Waals surface area contributed by atoms with E-state index in [9.17, 15) is 9.59 Å². The van der Waals surface area contributed by atoms with Crippen molar-refractivity contribution >= 4 is 27.8 Å². The third-order valence-corrected chi connectivity index (χ3v) is 4.00. The minimum Gasteiger partial charge on any atom is -0.481 e. The van der Waals surface area contributed by atoms with Crippen molar-refractivity contribution in [3.63, 3.8) is 0 Å². The summed E-state index contributed by atoms with van der Waals surface area (Å²) >= 11 is 3.33. The fourth-order valence-corrected chi connectivity index (χ4v) is 2.66. The van der Waals surface area contributed by atoms with Gasteiger partial charge in [-0.1, -0.05) is 0 Å². The Labute approximate surface area is 131 Å². The number of aliphatic carboxylic acids is 1.